The molecule has 6 heteroatoms. The smallest absolute Gasteiger partial charge is 0.269 e. The van der Waals surface area contributed by atoms with Gasteiger partial charge in [-0.15, -0.1) is 0 Å². The zero-order valence-electron chi connectivity index (χ0n) is 13.3. The number of hydrogen-bond donors (Lipinski definition) is 1. The molecule has 3 rings (SSSR count). The van der Waals surface area contributed by atoms with E-state index in [1.807, 2.05) is 47.3 Å². The van der Waals surface area contributed by atoms with Gasteiger partial charge in [-0.25, -0.2) is 9.67 Å². The lowest BCUT2D eigenvalue weighted by Gasteiger charge is -2.04. The van der Waals surface area contributed by atoms with Crippen LogP contribution >= 0.6 is 0 Å². The molecule has 0 saturated carbocycles. The number of methoxy groups -OCH3 is 1. The molecule has 0 aliphatic heterocycles. The summed E-state index contributed by atoms with van der Waals surface area (Å²) in [4.78, 5) is 16.1. The molecule has 1 N–H and O–H groups in total. The SMILES string of the molecule is COc1ccc(C(=O)NCCc2ccn(-c3ccccc3)n2)nc1. The second kappa shape index (κ2) is 7.41. The van der Waals surface area contributed by atoms with Crippen molar-refractivity contribution in [3.05, 3.63) is 72.3 Å². The lowest BCUT2D eigenvalue weighted by Crippen LogP contribution is -2.26. The van der Waals surface area contributed by atoms with E-state index in [1.165, 1.54) is 6.20 Å². The van der Waals surface area contributed by atoms with Crippen LogP contribution in [0.1, 0.15) is 16.2 Å². The average molecular weight is 322 g/mol. The van der Waals surface area contributed by atoms with Gasteiger partial charge >= 0.3 is 0 Å². The van der Waals surface area contributed by atoms with Gasteiger partial charge in [0, 0.05) is 19.2 Å². The van der Waals surface area contributed by atoms with Gasteiger partial charge in [-0.05, 0) is 30.3 Å². The van der Waals surface area contributed by atoms with E-state index in [4.69, 9.17) is 4.74 Å². The zero-order valence-corrected chi connectivity index (χ0v) is 13.3. The maximum absolute atomic E-state index is 12.0. The maximum Gasteiger partial charge on any atom is 0.269 e. The summed E-state index contributed by atoms with van der Waals surface area (Å²) in [5.74, 6) is 0.415. The maximum atomic E-state index is 12.0. The van der Waals surface area contributed by atoms with E-state index in [0.717, 1.165) is 11.4 Å². The minimum absolute atomic E-state index is 0.208. The summed E-state index contributed by atoms with van der Waals surface area (Å²) >= 11 is 0. The van der Waals surface area contributed by atoms with Gasteiger partial charge in [0.2, 0.25) is 0 Å². The summed E-state index contributed by atoms with van der Waals surface area (Å²) in [6, 6.07) is 15.2. The lowest BCUT2D eigenvalue weighted by atomic mass is 10.3. The third-order valence-corrected chi connectivity index (χ3v) is 3.54. The number of carbonyl (C=O) groups is 1. The number of hydrogen-bond acceptors (Lipinski definition) is 4. The van der Waals surface area contributed by atoms with Gasteiger partial charge in [0.15, 0.2) is 0 Å². The first-order valence-electron chi connectivity index (χ1n) is 7.64. The van der Waals surface area contributed by atoms with Crippen LogP contribution in [0.5, 0.6) is 5.75 Å². The molecule has 0 spiro atoms. The van der Waals surface area contributed by atoms with E-state index < -0.39 is 0 Å². The fraction of sp³-hybridized carbons (Fsp3) is 0.167. The molecule has 6 nitrogen and oxygen atoms in total. The van der Waals surface area contributed by atoms with E-state index in [-0.39, 0.29) is 5.91 Å². The molecular weight excluding hydrogens is 304 g/mol. The van der Waals surface area contributed by atoms with Gasteiger partial charge in [0.25, 0.3) is 5.91 Å². The first-order chi connectivity index (χ1) is 11.8. The second-order valence-corrected chi connectivity index (χ2v) is 5.18. The summed E-state index contributed by atoms with van der Waals surface area (Å²) in [6.45, 7) is 0.498. The Hall–Kier alpha value is -3.15. The van der Waals surface area contributed by atoms with Crippen LogP contribution in [0.15, 0.2) is 60.9 Å². The molecular formula is C18H18N4O2. The number of aromatic nitrogens is 3. The number of pyridine rings is 1. The summed E-state index contributed by atoms with van der Waals surface area (Å²) in [5.41, 5.74) is 2.29. The van der Waals surface area contributed by atoms with Crippen molar-refractivity contribution in [2.24, 2.45) is 0 Å². The Morgan fingerprint density at radius 3 is 2.71 bits per heavy atom. The highest BCUT2D eigenvalue weighted by Crippen LogP contribution is 2.08. The molecule has 3 aromatic rings. The van der Waals surface area contributed by atoms with Crippen LogP contribution in [0.25, 0.3) is 5.69 Å². The molecule has 1 aromatic carbocycles. The molecule has 24 heavy (non-hydrogen) atoms. The highest BCUT2D eigenvalue weighted by molar-refractivity contribution is 5.92. The van der Waals surface area contributed by atoms with E-state index >= 15 is 0 Å². The van der Waals surface area contributed by atoms with Crippen molar-refractivity contribution in [3.63, 3.8) is 0 Å². The van der Waals surface area contributed by atoms with Gasteiger partial charge < -0.3 is 10.1 Å². The normalized spacial score (nSPS) is 10.4. The molecule has 0 radical (unpaired) electrons. The third-order valence-electron chi connectivity index (χ3n) is 3.54. The first-order valence-corrected chi connectivity index (χ1v) is 7.64. The van der Waals surface area contributed by atoms with Gasteiger partial charge in [-0.3, -0.25) is 4.79 Å². The molecule has 0 aliphatic rings. The average Bonchev–Trinajstić information content (AvgIpc) is 3.11. The molecule has 0 bridgehead atoms. The van der Waals surface area contributed by atoms with Gasteiger partial charge in [0.05, 0.1) is 24.7 Å². The van der Waals surface area contributed by atoms with E-state index in [9.17, 15) is 4.79 Å². The molecule has 0 aliphatic carbocycles. The Kier molecular flexibility index (Phi) is 4.86. The van der Waals surface area contributed by atoms with Gasteiger partial charge in [-0.1, -0.05) is 18.2 Å². The molecule has 0 atom stereocenters. The van der Waals surface area contributed by atoms with E-state index in [2.05, 4.69) is 15.4 Å². The quantitative estimate of drug-likeness (QED) is 0.756. The van der Waals surface area contributed by atoms with E-state index in [1.54, 1.807) is 19.2 Å². The van der Waals surface area contributed by atoms with Crippen LogP contribution in [-0.2, 0) is 6.42 Å². The Labute approximate surface area is 140 Å². The summed E-state index contributed by atoms with van der Waals surface area (Å²) < 4.78 is 6.84. The number of nitrogens with one attached hydrogen (secondary N) is 1. The molecule has 2 heterocycles. The Bertz CT molecular complexity index is 797. The standard InChI is InChI=1S/C18H18N4O2/c1-24-16-7-8-17(20-13-16)18(23)19-11-9-14-10-12-22(21-14)15-5-3-2-4-6-15/h2-8,10,12-13H,9,11H2,1H3,(H,19,23). The fourth-order valence-corrected chi connectivity index (χ4v) is 2.25. The minimum Gasteiger partial charge on any atom is -0.495 e. The number of carbonyl (C=O) groups excluding carboxylic acids is 1. The number of rotatable bonds is 6. The molecule has 122 valence electrons. The van der Waals surface area contributed by atoms with Crippen molar-refractivity contribution in [1.82, 2.24) is 20.1 Å². The van der Waals surface area contributed by atoms with Gasteiger partial charge in [-0.2, -0.15) is 5.10 Å². The predicted molar refractivity (Wildman–Crippen MR) is 90.4 cm³/mol. The number of para-hydroxylation sites is 1. The Balaban J connectivity index is 1.53. The Morgan fingerprint density at radius 2 is 2.00 bits per heavy atom. The molecule has 0 unspecified atom stereocenters. The zero-order chi connectivity index (χ0) is 16.8. The largest absolute Gasteiger partial charge is 0.495 e. The summed E-state index contributed by atoms with van der Waals surface area (Å²) in [5, 5.41) is 7.35. The van der Waals surface area contributed by atoms with Crippen LogP contribution in [-0.4, -0.2) is 34.3 Å². The van der Waals surface area contributed by atoms with Crippen molar-refractivity contribution < 1.29 is 9.53 Å². The second-order valence-electron chi connectivity index (χ2n) is 5.18. The summed E-state index contributed by atoms with van der Waals surface area (Å²) in [6.07, 6.45) is 4.09. The highest BCUT2D eigenvalue weighted by atomic mass is 16.5. The number of amides is 1. The molecule has 1 amide bonds. The van der Waals surface area contributed by atoms with Crippen LogP contribution in [0.3, 0.4) is 0 Å². The van der Waals surface area contributed by atoms with Crippen LogP contribution in [0.2, 0.25) is 0 Å². The Morgan fingerprint density at radius 1 is 1.17 bits per heavy atom. The first kappa shape index (κ1) is 15.7. The van der Waals surface area contributed by atoms with Crippen LogP contribution < -0.4 is 10.1 Å². The van der Waals surface area contributed by atoms with Crippen LogP contribution in [0, 0.1) is 0 Å². The van der Waals surface area contributed by atoms with E-state index in [0.29, 0.717) is 24.4 Å². The lowest BCUT2D eigenvalue weighted by molar-refractivity contribution is 0.0949. The monoisotopic (exact) mass is 322 g/mol. The van der Waals surface area contributed by atoms with Crippen LogP contribution in [0.4, 0.5) is 0 Å². The third kappa shape index (κ3) is 3.78. The predicted octanol–water partition coefficient (Wildman–Crippen LogP) is 2.25. The van der Waals surface area contributed by atoms with Crippen molar-refractivity contribution in [3.8, 4) is 11.4 Å². The highest BCUT2D eigenvalue weighted by Gasteiger charge is 2.07. The van der Waals surface area contributed by atoms with Gasteiger partial charge in [0.1, 0.15) is 11.4 Å². The van der Waals surface area contributed by atoms with Crippen molar-refractivity contribution in [2.45, 2.75) is 6.42 Å². The minimum atomic E-state index is -0.208. The van der Waals surface area contributed by atoms with Crippen molar-refractivity contribution in [1.29, 1.82) is 0 Å². The number of ether oxygens (including phenoxy) is 1. The molecule has 0 fully saturated rings. The number of nitrogens with zero attached hydrogens (tertiary/aromatic N) is 3. The molecule has 2 aromatic heterocycles. The fourth-order valence-electron chi connectivity index (χ4n) is 2.25. The number of benzene rings is 1. The molecule has 0 saturated heterocycles. The van der Waals surface area contributed by atoms with Crippen molar-refractivity contribution >= 4 is 5.91 Å². The topological polar surface area (TPSA) is 69.0 Å². The summed E-state index contributed by atoms with van der Waals surface area (Å²) in [7, 11) is 1.56. The van der Waals surface area contributed by atoms with Crippen molar-refractivity contribution in [2.75, 3.05) is 13.7 Å².